The van der Waals surface area contributed by atoms with Gasteiger partial charge in [-0.05, 0) is 39.8 Å². The molecule has 0 atom stereocenters. The summed E-state index contributed by atoms with van der Waals surface area (Å²) >= 11 is 1.47. The monoisotopic (exact) mass is 276 g/mol. The molecule has 0 spiro atoms. The molecule has 2 N–H and O–H groups in total. The van der Waals surface area contributed by atoms with Crippen LogP contribution in [-0.2, 0) is 0 Å². The zero-order chi connectivity index (χ0) is 14.5. The van der Waals surface area contributed by atoms with Gasteiger partial charge in [-0.1, -0.05) is 41.8 Å². The number of hydrogen-bond acceptors (Lipinski definition) is 3. The van der Waals surface area contributed by atoms with Gasteiger partial charge < -0.3 is 10.2 Å². The molecule has 0 aliphatic heterocycles. The molecule has 1 rings (SSSR count). The quantitative estimate of drug-likeness (QED) is 0.658. The van der Waals surface area contributed by atoms with E-state index >= 15 is 0 Å². The first-order valence-electron chi connectivity index (χ1n) is 6.09. The van der Waals surface area contributed by atoms with Gasteiger partial charge in [0.15, 0.2) is 0 Å². The molecule has 19 heavy (non-hydrogen) atoms. The fourth-order valence-corrected chi connectivity index (χ4v) is 2.14. The summed E-state index contributed by atoms with van der Waals surface area (Å²) in [4.78, 5) is 1.79. The van der Waals surface area contributed by atoms with E-state index in [4.69, 9.17) is 0 Å². The van der Waals surface area contributed by atoms with Gasteiger partial charge in [-0.2, -0.15) is 0 Å². The Kier molecular flexibility index (Phi) is 5.25. The average molecular weight is 276 g/mol. The lowest BCUT2D eigenvalue weighted by Crippen LogP contribution is -2.20. The van der Waals surface area contributed by atoms with E-state index in [2.05, 4.69) is 11.8 Å². The molecular formula is C16H20O2S. The van der Waals surface area contributed by atoms with Gasteiger partial charge in [0.2, 0.25) is 0 Å². The van der Waals surface area contributed by atoms with Crippen LogP contribution in [0.2, 0.25) is 0 Å². The zero-order valence-electron chi connectivity index (χ0n) is 11.8. The molecule has 102 valence electrons. The van der Waals surface area contributed by atoms with Crippen LogP contribution in [0, 0.1) is 11.8 Å². The standard InChI is InChI=1S/C16H20O2S/c1-15(2,17)12-8-11-14(16(3,4)18)19-13-9-6-5-7-10-13/h5-7,9-11,17-18H,1-4H3/b14-11-. The molecule has 0 heterocycles. The fourth-order valence-electron chi connectivity index (χ4n) is 1.22. The van der Waals surface area contributed by atoms with Crippen LogP contribution in [0.1, 0.15) is 27.7 Å². The van der Waals surface area contributed by atoms with Crippen LogP contribution in [0.4, 0.5) is 0 Å². The van der Waals surface area contributed by atoms with Crippen LogP contribution >= 0.6 is 11.8 Å². The van der Waals surface area contributed by atoms with Crippen molar-refractivity contribution in [3.05, 3.63) is 41.3 Å². The van der Waals surface area contributed by atoms with E-state index in [0.717, 1.165) is 9.80 Å². The number of thioether (sulfide) groups is 1. The highest BCUT2D eigenvalue weighted by atomic mass is 32.2. The third kappa shape index (κ3) is 6.49. The lowest BCUT2D eigenvalue weighted by atomic mass is 10.1. The Hall–Kier alpha value is -1.21. The second-order valence-corrected chi connectivity index (χ2v) is 6.43. The van der Waals surface area contributed by atoms with Gasteiger partial charge in [0.25, 0.3) is 0 Å². The van der Waals surface area contributed by atoms with Crippen molar-refractivity contribution < 1.29 is 10.2 Å². The summed E-state index contributed by atoms with van der Waals surface area (Å²) in [5.41, 5.74) is -1.99. The van der Waals surface area contributed by atoms with Crippen molar-refractivity contribution in [1.29, 1.82) is 0 Å². The van der Waals surface area contributed by atoms with Crippen LogP contribution in [0.5, 0.6) is 0 Å². The summed E-state index contributed by atoms with van der Waals surface area (Å²) in [5.74, 6) is 5.52. The molecule has 0 saturated carbocycles. The molecule has 0 amide bonds. The second kappa shape index (κ2) is 6.29. The normalized spacial score (nSPS) is 12.8. The highest BCUT2D eigenvalue weighted by Gasteiger charge is 2.20. The Morgan fingerprint density at radius 3 is 2.16 bits per heavy atom. The molecule has 0 aliphatic carbocycles. The lowest BCUT2D eigenvalue weighted by Gasteiger charge is -2.20. The Morgan fingerprint density at radius 1 is 1.11 bits per heavy atom. The molecule has 0 fully saturated rings. The third-order valence-electron chi connectivity index (χ3n) is 2.16. The molecule has 0 radical (unpaired) electrons. The molecule has 2 nitrogen and oxygen atoms in total. The molecule has 1 aromatic carbocycles. The third-order valence-corrected chi connectivity index (χ3v) is 3.50. The Balaban J connectivity index is 2.96. The Bertz CT molecular complexity index is 494. The van der Waals surface area contributed by atoms with Crippen LogP contribution in [-0.4, -0.2) is 21.4 Å². The van der Waals surface area contributed by atoms with Crippen LogP contribution in [0.15, 0.2) is 46.2 Å². The first-order chi connectivity index (χ1) is 8.68. The highest BCUT2D eigenvalue weighted by Crippen LogP contribution is 2.33. The molecular weight excluding hydrogens is 256 g/mol. The van der Waals surface area contributed by atoms with E-state index in [1.165, 1.54) is 11.8 Å². The van der Waals surface area contributed by atoms with Crippen molar-refractivity contribution >= 4 is 11.8 Å². The van der Waals surface area contributed by atoms with Crippen molar-refractivity contribution in [3.8, 4) is 11.8 Å². The van der Waals surface area contributed by atoms with Gasteiger partial charge in [-0.15, -0.1) is 0 Å². The predicted octanol–water partition coefficient (Wildman–Crippen LogP) is 3.21. The molecule has 0 aliphatic rings. The molecule has 0 saturated heterocycles. The number of aliphatic hydroxyl groups is 2. The van der Waals surface area contributed by atoms with E-state index < -0.39 is 11.2 Å². The summed E-state index contributed by atoms with van der Waals surface area (Å²) in [5, 5.41) is 19.7. The number of benzene rings is 1. The first kappa shape index (κ1) is 15.8. The van der Waals surface area contributed by atoms with E-state index in [0.29, 0.717) is 0 Å². The topological polar surface area (TPSA) is 40.5 Å². The molecule has 0 aromatic heterocycles. The SMILES string of the molecule is CC(C)(O)C#C/C=C(\Sc1ccccc1)C(C)(C)O. The van der Waals surface area contributed by atoms with E-state index in [1.54, 1.807) is 33.8 Å². The Labute approximate surface area is 119 Å². The summed E-state index contributed by atoms with van der Waals surface area (Å²) in [7, 11) is 0. The summed E-state index contributed by atoms with van der Waals surface area (Å²) < 4.78 is 0. The van der Waals surface area contributed by atoms with Gasteiger partial charge in [-0.25, -0.2) is 0 Å². The predicted molar refractivity (Wildman–Crippen MR) is 80.8 cm³/mol. The minimum atomic E-state index is -1.03. The van der Waals surface area contributed by atoms with Crippen molar-refractivity contribution in [3.63, 3.8) is 0 Å². The summed E-state index contributed by atoms with van der Waals surface area (Å²) in [6.45, 7) is 6.70. The van der Waals surface area contributed by atoms with E-state index in [-0.39, 0.29) is 0 Å². The van der Waals surface area contributed by atoms with Crippen LogP contribution < -0.4 is 0 Å². The van der Waals surface area contributed by atoms with Crippen molar-refractivity contribution in [2.45, 2.75) is 43.8 Å². The fraction of sp³-hybridized carbons (Fsp3) is 0.375. The zero-order valence-corrected chi connectivity index (χ0v) is 12.6. The average Bonchev–Trinajstić information content (AvgIpc) is 2.26. The largest absolute Gasteiger partial charge is 0.385 e. The second-order valence-electron chi connectivity index (χ2n) is 5.31. The lowest BCUT2D eigenvalue weighted by molar-refractivity contribution is 0.129. The minimum absolute atomic E-state index is 0.746. The summed E-state index contributed by atoms with van der Waals surface area (Å²) in [6.07, 6.45) is 1.66. The van der Waals surface area contributed by atoms with Crippen molar-refractivity contribution in [2.24, 2.45) is 0 Å². The molecule has 0 bridgehead atoms. The van der Waals surface area contributed by atoms with Gasteiger partial charge in [0.05, 0.1) is 5.60 Å². The number of rotatable bonds is 3. The maximum atomic E-state index is 10.1. The van der Waals surface area contributed by atoms with Crippen LogP contribution in [0.25, 0.3) is 0 Å². The van der Waals surface area contributed by atoms with Crippen molar-refractivity contribution in [1.82, 2.24) is 0 Å². The van der Waals surface area contributed by atoms with Crippen LogP contribution in [0.3, 0.4) is 0 Å². The maximum Gasteiger partial charge on any atom is 0.120 e. The van der Waals surface area contributed by atoms with Gasteiger partial charge in [0.1, 0.15) is 5.60 Å². The van der Waals surface area contributed by atoms with E-state index in [9.17, 15) is 10.2 Å². The summed E-state index contributed by atoms with van der Waals surface area (Å²) in [6, 6.07) is 9.81. The van der Waals surface area contributed by atoms with Gasteiger partial charge in [-0.3, -0.25) is 0 Å². The smallest absolute Gasteiger partial charge is 0.120 e. The number of hydrogen-bond donors (Lipinski definition) is 2. The maximum absolute atomic E-state index is 10.1. The molecule has 1 aromatic rings. The highest BCUT2D eigenvalue weighted by molar-refractivity contribution is 8.03. The Morgan fingerprint density at radius 2 is 1.68 bits per heavy atom. The van der Waals surface area contributed by atoms with E-state index in [1.807, 2.05) is 30.3 Å². The van der Waals surface area contributed by atoms with Gasteiger partial charge in [0, 0.05) is 15.9 Å². The number of allylic oxidation sites excluding steroid dienone is 1. The molecule has 3 heteroatoms. The minimum Gasteiger partial charge on any atom is -0.385 e. The molecule has 0 unspecified atom stereocenters. The van der Waals surface area contributed by atoms with Crippen molar-refractivity contribution in [2.75, 3.05) is 0 Å². The van der Waals surface area contributed by atoms with Gasteiger partial charge >= 0.3 is 0 Å². The first-order valence-corrected chi connectivity index (χ1v) is 6.91.